The maximum Gasteiger partial charge on any atom is 0.411 e. The Hall–Kier alpha value is -3.21. The Morgan fingerprint density at radius 3 is 2.39 bits per heavy atom. The van der Waals surface area contributed by atoms with E-state index in [0.29, 0.717) is 54.8 Å². The van der Waals surface area contributed by atoms with Gasteiger partial charge in [0.1, 0.15) is 5.58 Å². The zero-order chi connectivity index (χ0) is 25.9. The summed E-state index contributed by atoms with van der Waals surface area (Å²) >= 11 is 0. The van der Waals surface area contributed by atoms with Crippen LogP contribution in [-0.2, 0) is 21.3 Å². The largest absolute Gasteiger partial charge is 0.450 e. The lowest BCUT2D eigenvalue weighted by Gasteiger charge is -2.34. The number of hydrogen-bond donors (Lipinski definition) is 1. The van der Waals surface area contributed by atoms with Gasteiger partial charge in [-0.05, 0) is 48.2 Å². The Balaban J connectivity index is 1.45. The van der Waals surface area contributed by atoms with Crippen molar-refractivity contribution in [1.29, 1.82) is 0 Å². The number of piperazine rings is 1. The Kier molecular flexibility index (Phi) is 7.77. The predicted molar refractivity (Wildman–Crippen MR) is 138 cm³/mol. The number of hydrogen-bond acceptors (Lipinski definition) is 7. The van der Waals surface area contributed by atoms with Gasteiger partial charge in [0.15, 0.2) is 0 Å². The summed E-state index contributed by atoms with van der Waals surface area (Å²) in [6.07, 6.45) is -0.584. The number of nitrogens with one attached hydrogen (secondary N) is 1. The van der Waals surface area contributed by atoms with E-state index in [1.807, 2.05) is 12.1 Å². The second kappa shape index (κ2) is 10.8. The molecule has 3 aromatic rings. The summed E-state index contributed by atoms with van der Waals surface area (Å²) in [4.78, 5) is 26.3. The highest BCUT2D eigenvalue weighted by Crippen LogP contribution is 2.25. The van der Waals surface area contributed by atoms with E-state index >= 15 is 0 Å². The summed E-state index contributed by atoms with van der Waals surface area (Å²) in [6, 6.07) is 13.6. The van der Waals surface area contributed by atoms with Crippen LogP contribution in [0.4, 0.5) is 10.5 Å². The number of benzene rings is 2. The molecule has 192 valence electrons. The molecule has 1 saturated heterocycles. The van der Waals surface area contributed by atoms with Crippen molar-refractivity contribution >= 4 is 32.8 Å². The van der Waals surface area contributed by atoms with E-state index < -0.39 is 21.7 Å². The standard InChI is InChI=1S/C26H31N3O6S/c1-4-34-26(31)27-21-7-10-23-20(15-25(30)35-24(23)16-21)17-28-11-13-29(14-12-28)36(32,33)22-8-5-19(6-9-22)18(2)3/h5-10,15-16,18H,4,11-14,17H2,1-3H3,(H,27,31). The number of nitrogens with zero attached hydrogens (tertiary/aromatic N) is 2. The lowest BCUT2D eigenvalue weighted by atomic mass is 10.0. The molecule has 1 amide bonds. The number of amides is 1. The maximum absolute atomic E-state index is 13.1. The van der Waals surface area contributed by atoms with E-state index in [0.717, 1.165) is 16.5 Å². The quantitative estimate of drug-likeness (QED) is 0.476. The first-order chi connectivity index (χ1) is 17.2. The molecule has 0 saturated carbocycles. The monoisotopic (exact) mass is 513 g/mol. The van der Waals surface area contributed by atoms with Gasteiger partial charge < -0.3 is 9.15 Å². The molecule has 4 rings (SSSR count). The summed E-state index contributed by atoms with van der Waals surface area (Å²) in [7, 11) is -3.56. The summed E-state index contributed by atoms with van der Waals surface area (Å²) in [5.41, 5.74) is 2.21. The van der Waals surface area contributed by atoms with Gasteiger partial charge in [0, 0.05) is 55.9 Å². The van der Waals surface area contributed by atoms with Crippen LogP contribution < -0.4 is 10.9 Å². The minimum Gasteiger partial charge on any atom is -0.450 e. The molecule has 9 nitrogen and oxygen atoms in total. The minimum atomic E-state index is -3.56. The Labute approximate surface area is 210 Å². The molecule has 1 aromatic heterocycles. The molecule has 1 N–H and O–H groups in total. The highest BCUT2D eigenvalue weighted by atomic mass is 32.2. The van der Waals surface area contributed by atoms with Crippen molar-refractivity contribution in [3.05, 3.63) is 70.1 Å². The van der Waals surface area contributed by atoms with Crippen molar-refractivity contribution in [1.82, 2.24) is 9.21 Å². The third-order valence-electron chi connectivity index (χ3n) is 6.26. The van der Waals surface area contributed by atoms with Crippen LogP contribution in [0.2, 0.25) is 0 Å². The van der Waals surface area contributed by atoms with Crippen molar-refractivity contribution < 1.29 is 22.4 Å². The highest BCUT2D eigenvalue weighted by molar-refractivity contribution is 7.89. The Morgan fingerprint density at radius 1 is 1.06 bits per heavy atom. The molecule has 1 aliphatic heterocycles. The number of rotatable bonds is 7. The smallest absolute Gasteiger partial charge is 0.411 e. The van der Waals surface area contributed by atoms with Gasteiger partial charge in [-0.2, -0.15) is 4.31 Å². The Morgan fingerprint density at radius 2 is 1.75 bits per heavy atom. The second-order valence-corrected chi connectivity index (χ2v) is 11.0. The molecule has 0 bridgehead atoms. The molecule has 2 aromatic carbocycles. The average Bonchev–Trinajstić information content (AvgIpc) is 2.84. The minimum absolute atomic E-state index is 0.248. The fraction of sp³-hybridized carbons (Fsp3) is 0.385. The van der Waals surface area contributed by atoms with Gasteiger partial charge in [0.05, 0.1) is 11.5 Å². The fourth-order valence-corrected chi connectivity index (χ4v) is 5.69. The third-order valence-corrected chi connectivity index (χ3v) is 8.17. The van der Waals surface area contributed by atoms with Crippen LogP contribution in [0.25, 0.3) is 11.0 Å². The molecule has 0 atom stereocenters. The number of carbonyl (C=O) groups is 1. The van der Waals surface area contributed by atoms with Crippen LogP contribution in [0, 0.1) is 0 Å². The molecular formula is C26H31N3O6S. The maximum atomic E-state index is 13.1. The first-order valence-electron chi connectivity index (χ1n) is 12.0. The predicted octanol–water partition coefficient (Wildman–Crippen LogP) is 3.99. The number of ether oxygens (including phenoxy) is 1. The summed E-state index contributed by atoms with van der Waals surface area (Å²) in [5, 5.41) is 3.35. The normalized spacial score (nSPS) is 15.3. The van der Waals surface area contributed by atoms with E-state index in [-0.39, 0.29) is 6.61 Å². The van der Waals surface area contributed by atoms with E-state index in [1.54, 1.807) is 37.3 Å². The van der Waals surface area contributed by atoms with Gasteiger partial charge in [0.25, 0.3) is 0 Å². The summed E-state index contributed by atoms with van der Waals surface area (Å²) in [5.74, 6) is 0.335. The van der Waals surface area contributed by atoms with Gasteiger partial charge in [-0.3, -0.25) is 10.2 Å². The van der Waals surface area contributed by atoms with Crippen molar-refractivity contribution in [2.75, 3.05) is 38.1 Å². The summed E-state index contributed by atoms with van der Waals surface area (Å²) in [6.45, 7) is 8.37. The lowest BCUT2D eigenvalue weighted by Crippen LogP contribution is -2.48. The number of anilines is 1. The lowest BCUT2D eigenvalue weighted by molar-refractivity contribution is 0.168. The number of carbonyl (C=O) groups excluding carboxylic acids is 1. The van der Waals surface area contributed by atoms with Crippen LogP contribution in [0.15, 0.2) is 62.6 Å². The SMILES string of the molecule is CCOC(=O)Nc1ccc2c(CN3CCN(S(=O)(=O)c4ccc(C(C)C)cc4)CC3)cc(=O)oc2c1. The zero-order valence-electron chi connectivity index (χ0n) is 20.7. The molecule has 10 heteroatoms. The molecule has 0 aliphatic carbocycles. The molecular weight excluding hydrogens is 482 g/mol. The first kappa shape index (κ1) is 25.9. The number of sulfonamides is 1. The van der Waals surface area contributed by atoms with Crippen molar-refractivity contribution in [2.45, 2.75) is 38.1 Å². The third kappa shape index (κ3) is 5.77. The van der Waals surface area contributed by atoms with Crippen LogP contribution in [0.3, 0.4) is 0 Å². The van der Waals surface area contributed by atoms with Crippen molar-refractivity contribution in [2.24, 2.45) is 0 Å². The van der Waals surface area contributed by atoms with E-state index in [4.69, 9.17) is 9.15 Å². The van der Waals surface area contributed by atoms with Gasteiger partial charge in [-0.25, -0.2) is 18.0 Å². The van der Waals surface area contributed by atoms with E-state index in [9.17, 15) is 18.0 Å². The molecule has 0 radical (unpaired) electrons. The average molecular weight is 514 g/mol. The van der Waals surface area contributed by atoms with Gasteiger partial charge in [0.2, 0.25) is 10.0 Å². The molecule has 1 aliphatic rings. The topological polar surface area (TPSA) is 109 Å². The van der Waals surface area contributed by atoms with Gasteiger partial charge in [-0.1, -0.05) is 26.0 Å². The van der Waals surface area contributed by atoms with Crippen molar-refractivity contribution in [3.8, 4) is 0 Å². The van der Waals surface area contributed by atoms with Gasteiger partial charge in [-0.15, -0.1) is 0 Å². The van der Waals surface area contributed by atoms with Crippen LogP contribution in [-0.4, -0.2) is 56.5 Å². The van der Waals surface area contributed by atoms with Crippen LogP contribution >= 0.6 is 0 Å². The fourth-order valence-electron chi connectivity index (χ4n) is 4.27. The summed E-state index contributed by atoms with van der Waals surface area (Å²) < 4.78 is 38.0. The number of fused-ring (bicyclic) bond motifs is 1. The molecule has 0 spiro atoms. The molecule has 0 unspecified atom stereocenters. The molecule has 36 heavy (non-hydrogen) atoms. The first-order valence-corrected chi connectivity index (χ1v) is 13.4. The second-order valence-electron chi connectivity index (χ2n) is 9.05. The van der Waals surface area contributed by atoms with Gasteiger partial charge >= 0.3 is 11.7 Å². The van der Waals surface area contributed by atoms with Crippen molar-refractivity contribution in [3.63, 3.8) is 0 Å². The highest BCUT2D eigenvalue weighted by Gasteiger charge is 2.28. The van der Waals surface area contributed by atoms with Crippen LogP contribution in [0.5, 0.6) is 0 Å². The van der Waals surface area contributed by atoms with Crippen LogP contribution in [0.1, 0.15) is 37.8 Å². The molecule has 1 fully saturated rings. The van der Waals surface area contributed by atoms with E-state index in [1.165, 1.54) is 10.4 Å². The molecule has 2 heterocycles. The van der Waals surface area contributed by atoms with E-state index in [2.05, 4.69) is 24.1 Å². The Bertz CT molecular complexity index is 1390. The zero-order valence-corrected chi connectivity index (χ0v) is 21.5.